The van der Waals surface area contributed by atoms with Gasteiger partial charge in [-0.15, -0.1) is 0 Å². The SMILES string of the molecule is Fc1cccc2c1N[C@@H](c1ccccc1C(F)(F)F)[C@@H]1CC=C[C@H]21. The predicted octanol–water partition coefficient (Wildman–Crippen LogP) is 5.67. The van der Waals surface area contributed by atoms with E-state index in [1.807, 2.05) is 18.2 Å². The summed E-state index contributed by atoms with van der Waals surface area (Å²) < 4.78 is 54.5. The van der Waals surface area contributed by atoms with Gasteiger partial charge in [-0.3, -0.25) is 0 Å². The monoisotopic (exact) mass is 333 g/mol. The van der Waals surface area contributed by atoms with Crippen LogP contribution in [-0.2, 0) is 6.18 Å². The van der Waals surface area contributed by atoms with Gasteiger partial charge in [0.25, 0.3) is 0 Å². The molecule has 24 heavy (non-hydrogen) atoms. The van der Waals surface area contributed by atoms with Crippen molar-refractivity contribution < 1.29 is 17.6 Å². The number of alkyl halides is 3. The van der Waals surface area contributed by atoms with E-state index in [0.717, 1.165) is 11.6 Å². The highest BCUT2D eigenvalue weighted by atomic mass is 19.4. The van der Waals surface area contributed by atoms with Crippen molar-refractivity contribution >= 4 is 5.69 Å². The van der Waals surface area contributed by atoms with Gasteiger partial charge >= 0.3 is 6.18 Å². The average molecular weight is 333 g/mol. The van der Waals surface area contributed by atoms with E-state index in [1.165, 1.54) is 18.2 Å². The summed E-state index contributed by atoms with van der Waals surface area (Å²) in [5.74, 6) is -0.549. The lowest BCUT2D eigenvalue weighted by Gasteiger charge is -2.38. The summed E-state index contributed by atoms with van der Waals surface area (Å²) in [7, 11) is 0. The Bertz CT molecular complexity index is 809. The van der Waals surface area contributed by atoms with E-state index in [-0.39, 0.29) is 17.4 Å². The highest BCUT2D eigenvalue weighted by Gasteiger charge is 2.42. The van der Waals surface area contributed by atoms with Crippen molar-refractivity contribution in [1.29, 1.82) is 0 Å². The number of hydrogen-bond donors (Lipinski definition) is 1. The fraction of sp³-hybridized carbons (Fsp3) is 0.263. The molecule has 0 saturated heterocycles. The second kappa shape index (κ2) is 5.36. The Hall–Kier alpha value is -2.30. The summed E-state index contributed by atoms with van der Waals surface area (Å²) in [5.41, 5.74) is 0.646. The first-order valence-electron chi connectivity index (χ1n) is 7.84. The minimum atomic E-state index is -4.44. The number of hydrogen-bond acceptors (Lipinski definition) is 1. The normalized spacial score (nSPS) is 25.1. The molecule has 1 aliphatic heterocycles. The number of fused-ring (bicyclic) bond motifs is 3. The third-order valence-electron chi connectivity index (χ3n) is 4.95. The molecule has 1 aliphatic carbocycles. The van der Waals surface area contributed by atoms with Crippen molar-refractivity contribution in [3.8, 4) is 0 Å². The van der Waals surface area contributed by atoms with E-state index < -0.39 is 23.6 Å². The van der Waals surface area contributed by atoms with Gasteiger partial charge in [0.1, 0.15) is 5.82 Å². The van der Waals surface area contributed by atoms with Gasteiger partial charge in [-0.25, -0.2) is 4.39 Å². The van der Waals surface area contributed by atoms with Crippen LogP contribution in [0.1, 0.15) is 35.1 Å². The van der Waals surface area contributed by atoms with E-state index in [2.05, 4.69) is 5.32 Å². The quantitative estimate of drug-likeness (QED) is 0.524. The molecule has 2 aromatic rings. The molecule has 124 valence electrons. The van der Waals surface area contributed by atoms with E-state index in [9.17, 15) is 17.6 Å². The highest BCUT2D eigenvalue weighted by Crippen LogP contribution is 2.51. The summed E-state index contributed by atoms with van der Waals surface area (Å²) in [5, 5.41) is 3.05. The van der Waals surface area contributed by atoms with E-state index in [4.69, 9.17) is 0 Å². The minimum Gasteiger partial charge on any atom is -0.375 e. The Morgan fingerprint density at radius 3 is 2.50 bits per heavy atom. The third-order valence-corrected chi connectivity index (χ3v) is 4.95. The standard InChI is InChI=1S/C19H15F4N/c20-16-10-4-8-13-11-6-3-7-12(11)17(24-18(13)16)14-5-1-2-9-15(14)19(21,22)23/h1-6,8-12,17,24H,7H2/t11-,12+,17+/m0/s1. The maximum atomic E-state index is 14.2. The lowest BCUT2D eigenvalue weighted by atomic mass is 9.76. The van der Waals surface area contributed by atoms with Crippen molar-refractivity contribution in [3.63, 3.8) is 0 Å². The first kappa shape index (κ1) is 15.2. The molecule has 1 nitrogen and oxygen atoms in total. The summed E-state index contributed by atoms with van der Waals surface area (Å²) in [4.78, 5) is 0. The molecule has 0 fully saturated rings. The molecule has 1 N–H and O–H groups in total. The number of rotatable bonds is 1. The molecular formula is C19H15F4N. The zero-order valence-electron chi connectivity index (χ0n) is 12.6. The van der Waals surface area contributed by atoms with Crippen LogP contribution in [0, 0.1) is 11.7 Å². The van der Waals surface area contributed by atoms with Gasteiger partial charge in [-0.2, -0.15) is 13.2 Å². The van der Waals surface area contributed by atoms with Gasteiger partial charge in [0.05, 0.1) is 17.3 Å². The lowest BCUT2D eigenvalue weighted by molar-refractivity contribution is -0.138. The molecular weight excluding hydrogens is 318 g/mol. The average Bonchev–Trinajstić information content (AvgIpc) is 3.04. The molecule has 4 rings (SSSR count). The van der Waals surface area contributed by atoms with Gasteiger partial charge in [-0.05, 0) is 35.6 Å². The smallest absolute Gasteiger partial charge is 0.375 e. The van der Waals surface area contributed by atoms with Crippen LogP contribution in [0.5, 0.6) is 0 Å². The molecule has 0 amide bonds. The molecule has 0 radical (unpaired) electrons. The summed E-state index contributed by atoms with van der Waals surface area (Å²) in [6.45, 7) is 0. The molecule has 0 saturated carbocycles. The number of anilines is 1. The van der Waals surface area contributed by atoms with Crippen LogP contribution < -0.4 is 5.32 Å². The van der Waals surface area contributed by atoms with Crippen molar-refractivity contribution in [2.24, 2.45) is 5.92 Å². The fourth-order valence-corrected chi connectivity index (χ4v) is 3.92. The second-order valence-electron chi connectivity index (χ2n) is 6.26. The zero-order chi connectivity index (χ0) is 16.9. The van der Waals surface area contributed by atoms with Gasteiger partial charge in [0, 0.05) is 5.92 Å². The first-order valence-corrected chi connectivity index (χ1v) is 7.84. The molecule has 0 spiro atoms. The van der Waals surface area contributed by atoms with Crippen LogP contribution in [0.3, 0.4) is 0 Å². The molecule has 0 unspecified atom stereocenters. The Labute approximate surface area is 137 Å². The van der Waals surface area contributed by atoms with Crippen molar-refractivity contribution in [3.05, 3.63) is 77.1 Å². The molecule has 5 heteroatoms. The number of benzene rings is 2. The van der Waals surface area contributed by atoms with Crippen LogP contribution in [0.15, 0.2) is 54.6 Å². The number of allylic oxidation sites excluding steroid dienone is 2. The van der Waals surface area contributed by atoms with Crippen LogP contribution >= 0.6 is 0 Å². The summed E-state index contributed by atoms with van der Waals surface area (Å²) >= 11 is 0. The summed E-state index contributed by atoms with van der Waals surface area (Å²) in [6.07, 6.45) is 0.187. The Kier molecular flexibility index (Phi) is 3.41. The third kappa shape index (κ3) is 2.30. The van der Waals surface area contributed by atoms with Gasteiger partial charge in [0.2, 0.25) is 0 Å². The molecule has 3 atom stereocenters. The molecule has 2 aromatic carbocycles. The van der Waals surface area contributed by atoms with E-state index >= 15 is 0 Å². The summed E-state index contributed by atoms with van der Waals surface area (Å²) in [6, 6.07) is 9.79. The molecule has 1 heterocycles. The van der Waals surface area contributed by atoms with Crippen LogP contribution in [-0.4, -0.2) is 0 Å². The number of halogens is 4. The number of nitrogens with one attached hydrogen (secondary N) is 1. The zero-order valence-corrected chi connectivity index (χ0v) is 12.6. The van der Waals surface area contributed by atoms with Crippen LogP contribution in [0.25, 0.3) is 0 Å². The second-order valence-corrected chi connectivity index (χ2v) is 6.26. The van der Waals surface area contributed by atoms with Gasteiger partial charge < -0.3 is 5.32 Å². The molecule has 2 aliphatic rings. The maximum absolute atomic E-state index is 14.2. The van der Waals surface area contributed by atoms with Crippen molar-refractivity contribution in [1.82, 2.24) is 0 Å². The highest BCUT2D eigenvalue weighted by molar-refractivity contribution is 5.61. The Balaban J connectivity index is 1.85. The maximum Gasteiger partial charge on any atom is 0.416 e. The fourth-order valence-electron chi connectivity index (χ4n) is 3.92. The molecule has 0 bridgehead atoms. The Morgan fingerprint density at radius 1 is 0.958 bits per heavy atom. The van der Waals surface area contributed by atoms with Gasteiger partial charge in [0.15, 0.2) is 0 Å². The van der Waals surface area contributed by atoms with Crippen LogP contribution in [0.4, 0.5) is 23.2 Å². The van der Waals surface area contributed by atoms with E-state index in [0.29, 0.717) is 12.1 Å². The molecule has 0 aromatic heterocycles. The minimum absolute atomic E-state index is 0.0530. The first-order chi connectivity index (χ1) is 11.5. The van der Waals surface area contributed by atoms with E-state index in [1.54, 1.807) is 12.1 Å². The van der Waals surface area contributed by atoms with Crippen molar-refractivity contribution in [2.75, 3.05) is 5.32 Å². The van der Waals surface area contributed by atoms with Crippen molar-refractivity contribution in [2.45, 2.75) is 24.6 Å². The lowest BCUT2D eigenvalue weighted by Crippen LogP contribution is -2.31. The Morgan fingerprint density at radius 2 is 1.71 bits per heavy atom. The topological polar surface area (TPSA) is 12.0 Å². The van der Waals surface area contributed by atoms with Gasteiger partial charge in [-0.1, -0.05) is 42.5 Å². The van der Waals surface area contributed by atoms with Crippen LogP contribution in [0.2, 0.25) is 0 Å². The predicted molar refractivity (Wildman–Crippen MR) is 84.2 cm³/mol. The largest absolute Gasteiger partial charge is 0.416 e. The number of para-hydroxylation sites is 1.